The van der Waals surface area contributed by atoms with E-state index in [9.17, 15) is 9.59 Å². The highest BCUT2D eigenvalue weighted by atomic mass is 16.5. The molecule has 29 heavy (non-hydrogen) atoms. The molecule has 0 unspecified atom stereocenters. The summed E-state index contributed by atoms with van der Waals surface area (Å²) < 4.78 is 10.5. The molecular weight excluding hydrogens is 370 g/mol. The zero-order chi connectivity index (χ0) is 20.8. The van der Waals surface area contributed by atoms with E-state index in [4.69, 9.17) is 9.47 Å². The standard InChI is InChI=1S/C22H27N3O4/c1-16(26)17-4-7-19(8-5-17)25-12-10-24(11-13-25)15-22(27)23-18-6-9-20(28-2)21(14-18)29-3/h4-9,14H,10-13,15H2,1-3H3,(H,23,27)/p+1. The number of anilines is 2. The van der Waals surface area contributed by atoms with E-state index in [0.717, 1.165) is 37.4 Å². The van der Waals surface area contributed by atoms with Crippen molar-refractivity contribution in [1.29, 1.82) is 0 Å². The van der Waals surface area contributed by atoms with Gasteiger partial charge in [0.25, 0.3) is 5.91 Å². The lowest BCUT2D eigenvalue weighted by Crippen LogP contribution is -3.15. The first-order valence-electron chi connectivity index (χ1n) is 9.71. The molecule has 0 aliphatic carbocycles. The van der Waals surface area contributed by atoms with E-state index in [0.29, 0.717) is 23.7 Å². The van der Waals surface area contributed by atoms with Gasteiger partial charge in [-0.15, -0.1) is 0 Å². The molecule has 3 rings (SSSR count). The van der Waals surface area contributed by atoms with Gasteiger partial charge >= 0.3 is 0 Å². The Morgan fingerprint density at radius 3 is 2.24 bits per heavy atom. The monoisotopic (exact) mass is 398 g/mol. The number of ketones is 1. The molecule has 1 heterocycles. The third-order valence-electron chi connectivity index (χ3n) is 5.19. The summed E-state index contributed by atoms with van der Waals surface area (Å²) in [6, 6.07) is 13.1. The van der Waals surface area contributed by atoms with Crippen molar-refractivity contribution in [2.45, 2.75) is 6.92 Å². The number of nitrogens with zero attached hydrogens (tertiary/aromatic N) is 1. The summed E-state index contributed by atoms with van der Waals surface area (Å²) in [5.74, 6) is 1.27. The largest absolute Gasteiger partial charge is 0.493 e. The van der Waals surface area contributed by atoms with Gasteiger partial charge in [-0.2, -0.15) is 0 Å². The molecule has 1 saturated heterocycles. The van der Waals surface area contributed by atoms with Gasteiger partial charge in [0.15, 0.2) is 23.8 Å². The van der Waals surface area contributed by atoms with Crippen LogP contribution in [0.5, 0.6) is 11.5 Å². The zero-order valence-electron chi connectivity index (χ0n) is 17.2. The Bertz CT molecular complexity index is 859. The molecule has 2 aromatic rings. The lowest BCUT2D eigenvalue weighted by molar-refractivity contribution is -0.892. The summed E-state index contributed by atoms with van der Waals surface area (Å²) in [7, 11) is 3.15. The summed E-state index contributed by atoms with van der Waals surface area (Å²) in [4.78, 5) is 27.4. The van der Waals surface area contributed by atoms with Crippen LogP contribution >= 0.6 is 0 Å². The number of hydrogen-bond donors (Lipinski definition) is 2. The van der Waals surface area contributed by atoms with Gasteiger partial charge in [0.2, 0.25) is 0 Å². The molecule has 7 nitrogen and oxygen atoms in total. The third kappa shape index (κ3) is 5.26. The fraction of sp³-hybridized carbons (Fsp3) is 0.364. The first-order chi connectivity index (χ1) is 14.0. The molecule has 0 radical (unpaired) electrons. The quantitative estimate of drug-likeness (QED) is 0.687. The Hall–Kier alpha value is -3.06. The molecule has 0 bridgehead atoms. The van der Waals surface area contributed by atoms with Gasteiger partial charge in [-0.1, -0.05) is 0 Å². The van der Waals surface area contributed by atoms with Crippen molar-refractivity contribution >= 4 is 23.1 Å². The molecule has 0 atom stereocenters. The second-order valence-electron chi connectivity index (χ2n) is 7.13. The Morgan fingerprint density at radius 1 is 1.00 bits per heavy atom. The number of benzene rings is 2. The number of hydrogen-bond acceptors (Lipinski definition) is 5. The zero-order valence-corrected chi connectivity index (χ0v) is 17.2. The lowest BCUT2D eigenvalue weighted by Gasteiger charge is -2.33. The molecule has 0 spiro atoms. The molecule has 0 aromatic heterocycles. The summed E-state index contributed by atoms with van der Waals surface area (Å²) >= 11 is 0. The van der Waals surface area contributed by atoms with Crippen molar-refractivity contribution in [3.63, 3.8) is 0 Å². The van der Waals surface area contributed by atoms with Crippen molar-refractivity contribution in [3.05, 3.63) is 48.0 Å². The smallest absolute Gasteiger partial charge is 0.279 e. The molecule has 2 N–H and O–H groups in total. The highest BCUT2D eigenvalue weighted by Gasteiger charge is 2.22. The number of methoxy groups -OCH3 is 2. The second-order valence-corrected chi connectivity index (χ2v) is 7.13. The minimum atomic E-state index is -0.0218. The Labute approximate surface area is 171 Å². The highest BCUT2D eigenvalue weighted by molar-refractivity contribution is 5.94. The van der Waals surface area contributed by atoms with Gasteiger partial charge in [-0.05, 0) is 43.3 Å². The molecular formula is C22H28N3O4+. The van der Waals surface area contributed by atoms with E-state index in [1.54, 1.807) is 39.3 Å². The SMILES string of the molecule is COc1ccc(NC(=O)C[NH+]2CCN(c3ccc(C(C)=O)cc3)CC2)cc1OC. The van der Waals surface area contributed by atoms with Crippen LogP contribution in [0, 0.1) is 0 Å². The number of rotatable bonds is 7. The van der Waals surface area contributed by atoms with Gasteiger partial charge in [-0.25, -0.2) is 0 Å². The maximum atomic E-state index is 12.4. The summed E-state index contributed by atoms with van der Waals surface area (Å²) in [6.07, 6.45) is 0. The van der Waals surface area contributed by atoms with Crippen LogP contribution in [-0.4, -0.2) is 58.6 Å². The Kier molecular flexibility index (Phi) is 6.72. The molecule has 1 aliphatic heterocycles. The van der Waals surface area contributed by atoms with Crippen LogP contribution < -0.4 is 24.6 Å². The summed E-state index contributed by atoms with van der Waals surface area (Å²) in [5, 5.41) is 2.93. The molecule has 1 aliphatic rings. The predicted octanol–water partition coefficient (Wildman–Crippen LogP) is 1.25. The number of nitrogens with one attached hydrogen (secondary N) is 2. The number of carbonyl (C=O) groups is 2. The Morgan fingerprint density at radius 2 is 1.66 bits per heavy atom. The second kappa shape index (κ2) is 9.43. The minimum absolute atomic E-state index is 0.0218. The van der Waals surface area contributed by atoms with Gasteiger partial charge in [-0.3, -0.25) is 9.59 Å². The van der Waals surface area contributed by atoms with Crippen molar-refractivity contribution in [3.8, 4) is 11.5 Å². The predicted molar refractivity (Wildman–Crippen MR) is 112 cm³/mol. The molecule has 0 saturated carbocycles. The van der Waals surface area contributed by atoms with Crippen molar-refractivity contribution in [1.82, 2.24) is 0 Å². The minimum Gasteiger partial charge on any atom is -0.493 e. The van der Waals surface area contributed by atoms with Crippen molar-refractivity contribution in [2.24, 2.45) is 0 Å². The summed E-state index contributed by atoms with van der Waals surface area (Å²) in [5.41, 5.74) is 2.53. The number of Topliss-reactive ketones (excluding diaryl/α,β-unsaturated/α-hetero) is 1. The van der Waals surface area contributed by atoms with E-state index in [1.807, 2.05) is 24.3 Å². The molecule has 1 fully saturated rings. The average molecular weight is 398 g/mol. The number of quaternary nitrogens is 1. The third-order valence-corrected chi connectivity index (χ3v) is 5.19. The van der Waals surface area contributed by atoms with Crippen LogP contribution in [-0.2, 0) is 4.79 Å². The van der Waals surface area contributed by atoms with Crippen LogP contribution in [0.4, 0.5) is 11.4 Å². The summed E-state index contributed by atoms with van der Waals surface area (Å²) in [6.45, 7) is 5.51. The van der Waals surface area contributed by atoms with E-state index in [1.165, 1.54) is 4.90 Å². The van der Waals surface area contributed by atoms with Crippen LogP contribution in [0.3, 0.4) is 0 Å². The number of amides is 1. The lowest BCUT2D eigenvalue weighted by atomic mass is 10.1. The van der Waals surface area contributed by atoms with Crippen LogP contribution in [0.2, 0.25) is 0 Å². The van der Waals surface area contributed by atoms with Crippen molar-refractivity contribution in [2.75, 3.05) is 57.2 Å². The molecule has 2 aromatic carbocycles. The average Bonchev–Trinajstić information content (AvgIpc) is 2.74. The van der Waals surface area contributed by atoms with E-state index in [2.05, 4.69) is 10.2 Å². The van der Waals surface area contributed by atoms with Gasteiger partial charge < -0.3 is 24.6 Å². The Balaban J connectivity index is 1.50. The molecule has 7 heteroatoms. The normalized spacial score (nSPS) is 14.4. The highest BCUT2D eigenvalue weighted by Crippen LogP contribution is 2.29. The number of ether oxygens (including phenoxy) is 2. The van der Waals surface area contributed by atoms with Gasteiger partial charge in [0.1, 0.15) is 0 Å². The van der Waals surface area contributed by atoms with Crippen LogP contribution in [0.1, 0.15) is 17.3 Å². The van der Waals surface area contributed by atoms with Crippen LogP contribution in [0.25, 0.3) is 0 Å². The van der Waals surface area contributed by atoms with Gasteiger partial charge in [0.05, 0.1) is 40.4 Å². The molecule has 1 amide bonds. The maximum absolute atomic E-state index is 12.4. The maximum Gasteiger partial charge on any atom is 0.279 e. The molecule has 154 valence electrons. The van der Waals surface area contributed by atoms with E-state index in [-0.39, 0.29) is 11.7 Å². The van der Waals surface area contributed by atoms with E-state index >= 15 is 0 Å². The fourth-order valence-electron chi connectivity index (χ4n) is 3.51. The van der Waals surface area contributed by atoms with Gasteiger partial charge in [0, 0.05) is 23.0 Å². The van der Waals surface area contributed by atoms with Crippen LogP contribution in [0.15, 0.2) is 42.5 Å². The fourth-order valence-corrected chi connectivity index (χ4v) is 3.51. The first kappa shape index (κ1) is 20.7. The first-order valence-corrected chi connectivity index (χ1v) is 9.71. The number of piperazine rings is 1. The number of carbonyl (C=O) groups excluding carboxylic acids is 2. The topological polar surface area (TPSA) is 72.3 Å². The van der Waals surface area contributed by atoms with E-state index < -0.39 is 0 Å². The van der Waals surface area contributed by atoms with Crippen molar-refractivity contribution < 1.29 is 24.0 Å².